The molecule has 4 atom stereocenters. The van der Waals surface area contributed by atoms with Crippen LogP contribution in [0, 0.1) is 0 Å². The highest BCUT2D eigenvalue weighted by Gasteiger charge is 2.42. The van der Waals surface area contributed by atoms with Crippen LogP contribution in [-0.4, -0.2) is 41.0 Å². The molecule has 3 N–H and O–H groups in total. The largest absolute Gasteiger partial charge is 0.349 e. The molecule has 2 bridgehead atoms. The Morgan fingerprint density at radius 2 is 2.10 bits per heavy atom. The third kappa shape index (κ3) is 2.12. The van der Waals surface area contributed by atoms with Gasteiger partial charge in [-0.2, -0.15) is 0 Å². The van der Waals surface area contributed by atoms with Gasteiger partial charge in [0, 0.05) is 31.7 Å². The van der Waals surface area contributed by atoms with Gasteiger partial charge in [-0.25, -0.2) is 4.98 Å². The summed E-state index contributed by atoms with van der Waals surface area (Å²) in [4.78, 5) is 21.6. The number of para-hydroxylation sites is 1. The fourth-order valence-corrected chi connectivity index (χ4v) is 4.11. The Hall–Kier alpha value is -1.88. The van der Waals surface area contributed by atoms with Gasteiger partial charge in [-0.05, 0) is 12.1 Å². The molecular formula is C16H21N4O+. The number of aromatic nitrogens is 2. The van der Waals surface area contributed by atoms with Crippen LogP contribution in [0.4, 0.5) is 0 Å². The van der Waals surface area contributed by atoms with E-state index in [4.69, 9.17) is 0 Å². The average Bonchev–Trinajstić information content (AvgIpc) is 3.01. The number of carbonyl (C=O) groups excluding carboxylic acids is 1. The molecule has 2 saturated heterocycles. The summed E-state index contributed by atoms with van der Waals surface area (Å²) in [6.07, 6.45) is 6.45. The molecule has 0 spiro atoms. The van der Waals surface area contributed by atoms with Gasteiger partial charge in [0.15, 0.2) is 0 Å². The second-order valence-corrected chi connectivity index (χ2v) is 6.46. The van der Waals surface area contributed by atoms with Crippen molar-refractivity contribution in [2.45, 2.75) is 43.8 Å². The van der Waals surface area contributed by atoms with Crippen molar-refractivity contribution in [3.05, 3.63) is 30.1 Å². The fraction of sp³-hybridized carbons (Fsp3) is 0.500. The highest BCUT2D eigenvalue weighted by Crippen LogP contribution is 2.23. The lowest BCUT2D eigenvalue weighted by Gasteiger charge is -2.33. The lowest BCUT2D eigenvalue weighted by molar-refractivity contribution is -0.922. The number of nitrogens with one attached hydrogen (secondary N) is 3. The van der Waals surface area contributed by atoms with Crippen molar-refractivity contribution in [1.82, 2.24) is 15.3 Å². The molecule has 1 aromatic carbocycles. The van der Waals surface area contributed by atoms with E-state index in [1.807, 2.05) is 18.2 Å². The van der Waals surface area contributed by atoms with Gasteiger partial charge < -0.3 is 15.2 Å². The average molecular weight is 285 g/mol. The molecule has 2 aliphatic rings. The third-order valence-corrected chi connectivity index (χ3v) is 5.32. The van der Waals surface area contributed by atoms with Gasteiger partial charge in [0.1, 0.15) is 5.52 Å². The monoisotopic (exact) mass is 285 g/mol. The minimum atomic E-state index is 0.0108. The zero-order valence-corrected chi connectivity index (χ0v) is 12.2. The van der Waals surface area contributed by atoms with Gasteiger partial charge in [0.2, 0.25) is 0 Å². The van der Waals surface area contributed by atoms with Crippen LogP contribution >= 0.6 is 0 Å². The molecule has 5 heteroatoms. The smallest absolute Gasteiger partial charge is 0.253 e. The summed E-state index contributed by atoms with van der Waals surface area (Å²) < 4.78 is 0. The standard InChI is InChI=1S/C16H20N4O/c1-20-11-5-6-12(20)8-10(7-11)19-16(21)13-3-2-4-14-15(13)18-9-17-14/h2-4,9-12H,5-8H2,1H3,(H,17,18)(H,19,21)/p+1/t10?,11-,12+. The van der Waals surface area contributed by atoms with Crippen LogP contribution in [0.15, 0.2) is 24.5 Å². The van der Waals surface area contributed by atoms with Crippen molar-refractivity contribution in [3.63, 3.8) is 0 Å². The van der Waals surface area contributed by atoms with E-state index in [1.165, 1.54) is 12.8 Å². The maximum Gasteiger partial charge on any atom is 0.253 e. The highest BCUT2D eigenvalue weighted by molar-refractivity contribution is 6.04. The predicted octanol–water partition coefficient (Wildman–Crippen LogP) is 0.501. The predicted molar refractivity (Wildman–Crippen MR) is 80.3 cm³/mol. The summed E-state index contributed by atoms with van der Waals surface area (Å²) >= 11 is 0. The minimum Gasteiger partial charge on any atom is -0.349 e. The maximum absolute atomic E-state index is 12.6. The van der Waals surface area contributed by atoms with Crippen LogP contribution in [0.2, 0.25) is 0 Å². The molecule has 5 nitrogen and oxygen atoms in total. The first-order chi connectivity index (χ1) is 10.2. The number of rotatable bonds is 2. The molecule has 3 heterocycles. The van der Waals surface area contributed by atoms with E-state index in [9.17, 15) is 4.79 Å². The summed E-state index contributed by atoms with van der Waals surface area (Å²) in [5.41, 5.74) is 2.35. The highest BCUT2D eigenvalue weighted by atomic mass is 16.1. The van der Waals surface area contributed by atoms with Gasteiger partial charge in [-0.1, -0.05) is 6.07 Å². The van der Waals surface area contributed by atoms with E-state index in [1.54, 1.807) is 11.2 Å². The van der Waals surface area contributed by atoms with Crippen molar-refractivity contribution in [3.8, 4) is 0 Å². The SMILES string of the molecule is C[NH+]1[C@@H]2CC[C@H]1CC(NC(=O)c1cccc3[nH]cnc13)C2. The molecule has 2 aliphatic heterocycles. The van der Waals surface area contributed by atoms with Crippen LogP contribution < -0.4 is 10.2 Å². The quantitative estimate of drug-likeness (QED) is 0.752. The van der Waals surface area contributed by atoms with Gasteiger partial charge in [-0.15, -0.1) is 0 Å². The third-order valence-electron chi connectivity index (χ3n) is 5.32. The normalized spacial score (nSPS) is 31.5. The number of benzene rings is 1. The molecule has 110 valence electrons. The van der Waals surface area contributed by atoms with E-state index in [2.05, 4.69) is 22.3 Å². The molecular weight excluding hydrogens is 264 g/mol. The number of carbonyl (C=O) groups is 1. The Morgan fingerprint density at radius 1 is 1.33 bits per heavy atom. The van der Waals surface area contributed by atoms with E-state index < -0.39 is 0 Å². The first-order valence-corrected chi connectivity index (χ1v) is 7.78. The van der Waals surface area contributed by atoms with Crippen molar-refractivity contribution < 1.29 is 9.69 Å². The molecule has 21 heavy (non-hydrogen) atoms. The van der Waals surface area contributed by atoms with Crippen LogP contribution in [0.1, 0.15) is 36.0 Å². The summed E-state index contributed by atoms with van der Waals surface area (Å²) in [7, 11) is 2.30. The number of fused-ring (bicyclic) bond motifs is 3. The van der Waals surface area contributed by atoms with Gasteiger partial charge >= 0.3 is 0 Å². The second-order valence-electron chi connectivity index (χ2n) is 6.46. The number of quaternary nitrogens is 1. The van der Waals surface area contributed by atoms with Crippen LogP contribution in [0.3, 0.4) is 0 Å². The van der Waals surface area contributed by atoms with Gasteiger partial charge in [0.25, 0.3) is 5.91 Å². The summed E-state index contributed by atoms with van der Waals surface area (Å²) in [6, 6.07) is 7.45. The fourth-order valence-electron chi connectivity index (χ4n) is 4.11. The van der Waals surface area contributed by atoms with E-state index >= 15 is 0 Å². The number of amides is 1. The number of hydrogen-bond acceptors (Lipinski definition) is 2. The second kappa shape index (κ2) is 4.84. The molecule has 0 saturated carbocycles. The van der Waals surface area contributed by atoms with Crippen LogP contribution in [0.25, 0.3) is 11.0 Å². The molecule has 2 fully saturated rings. The Bertz CT molecular complexity index is 666. The Balaban J connectivity index is 1.53. The van der Waals surface area contributed by atoms with Gasteiger partial charge in [-0.3, -0.25) is 4.79 Å². The summed E-state index contributed by atoms with van der Waals surface area (Å²) in [5.74, 6) is 0.0108. The summed E-state index contributed by atoms with van der Waals surface area (Å²) in [5, 5.41) is 3.23. The molecule has 4 rings (SSSR count). The molecule has 1 amide bonds. The lowest BCUT2D eigenvalue weighted by Crippen LogP contribution is -3.15. The Kier molecular flexibility index (Phi) is 2.96. The summed E-state index contributed by atoms with van der Waals surface area (Å²) in [6.45, 7) is 0. The van der Waals surface area contributed by atoms with E-state index in [-0.39, 0.29) is 5.91 Å². The number of aromatic amines is 1. The zero-order chi connectivity index (χ0) is 14.4. The van der Waals surface area contributed by atoms with Crippen molar-refractivity contribution >= 4 is 16.9 Å². The molecule has 0 aliphatic carbocycles. The number of H-pyrrole nitrogens is 1. The van der Waals surface area contributed by atoms with Crippen LogP contribution in [-0.2, 0) is 0 Å². The number of imidazole rings is 1. The van der Waals surface area contributed by atoms with Crippen molar-refractivity contribution in [1.29, 1.82) is 0 Å². The number of nitrogens with zero attached hydrogens (tertiary/aromatic N) is 1. The van der Waals surface area contributed by atoms with E-state index in [0.29, 0.717) is 11.6 Å². The molecule has 2 aromatic rings. The lowest BCUT2D eigenvalue weighted by atomic mass is 9.97. The minimum absolute atomic E-state index is 0.0108. The zero-order valence-electron chi connectivity index (χ0n) is 12.2. The molecule has 0 radical (unpaired) electrons. The van der Waals surface area contributed by atoms with Gasteiger partial charge in [0.05, 0.1) is 36.5 Å². The Labute approximate surface area is 123 Å². The Morgan fingerprint density at radius 3 is 2.86 bits per heavy atom. The first kappa shape index (κ1) is 12.8. The number of piperidine rings is 1. The first-order valence-electron chi connectivity index (χ1n) is 7.78. The molecule has 1 aromatic heterocycles. The van der Waals surface area contributed by atoms with Crippen LogP contribution in [0.5, 0.6) is 0 Å². The van der Waals surface area contributed by atoms with Crippen molar-refractivity contribution in [2.75, 3.05) is 7.05 Å². The van der Waals surface area contributed by atoms with Crippen molar-refractivity contribution in [2.24, 2.45) is 0 Å². The van der Waals surface area contributed by atoms with E-state index in [0.717, 1.165) is 36.0 Å². The topological polar surface area (TPSA) is 62.2 Å². The maximum atomic E-state index is 12.6. The molecule has 2 unspecified atom stereocenters. The number of hydrogen-bond donors (Lipinski definition) is 3.